The minimum atomic E-state index is -0.716. The molecule has 3 rings (SSSR count). The number of carbonyl (C=O) groups is 1. The zero-order chi connectivity index (χ0) is 13.5. The van der Waals surface area contributed by atoms with Gasteiger partial charge < -0.3 is 9.84 Å². The van der Waals surface area contributed by atoms with E-state index in [4.69, 9.17) is 4.74 Å². The van der Waals surface area contributed by atoms with Crippen molar-refractivity contribution in [3.8, 4) is 0 Å². The highest BCUT2D eigenvalue weighted by Gasteiger charge is 2.55. The smallest absolute Gasteiger partial charge is 0.313 e. The van der Waals surface area contributed by atoms with Crippen LogP contribution in [0.1, 0.15) is 45.4 Å². The lowest BCUT2D eigenvalue weighted by Gasteiger charge is -2.54. The van der Waals surface area contributed by atoms with Gasteiger partial charge in [0, 0.05) is 13.1 Å². The van der Waals surface area contributed by atoms with Crippen molar-refractivity contribution in [1.29, 1.82) is 0 Å². The summed E-state index contributed by atoms with van der Waals surface area (Å²) in [5.74, 6) is -0.711. The van der Waals surface area contributed by atoms with Crippen LogP contribution in [0.3, 0.4) is 0 Å². The Morgan fingerprint density at radius 2 is 1.84 bits per heavy atom. The summed E-state index contributed by atoms with van der Waals surface area (Å²) in [5.41, 5.74) is -0.217. The van der Waals surface area contributed by atoms with Crippen molar-refractivity contribution >= 4 is 5.97 Å². The molecule has 3 aliphatic rings. The predicted octanol–water partition coefficient (Wildman–Crippen LogP) is 2.13. The number of aliphatic carboxylic acids is 1. The number of nitrogens with zero attached hydrogens (tertiary/aromatic N) is 1. The Hall–Kier alpha value is -0.610. The number of ether oxygens (including phenoxy) is 1. The fourth-order valence-electron chi connectivity index (χ4n) is 4.21. The zero-order valence-electron chi connectivity index (χ0n) is 11.9. The van der Waals surface area contributed by atoms with E-state index in [-0.39, 0.29) is 6.04 Å². The molecule has 19 heavy (non-hydrogen) atoms. The average molecular weight is 267 g/mol. The minimum absolute atomic E-state index is 0.0684. The van der Waals surface area contributed by atoms with Crippen molar-refractivity contribution in [2.24, 2.45) is 10.8 Å². The number of rotatable bonds is 2. The van der Waals surface area contributed by atoms with Gasteiger partial charge in [0.05, 0.1) is 19.3 Å². The van der Waals surface area contributed by atoms with E-state index in [1.54, 1.807) is 0 Å². The maximum absolute atomic E-state index is 11.5. The first kappa shape index (κ1) is 13.4. The Balaban J connectivity index is 1.65. The molecule has 2 unspecified atom stereocenters. The second kappa shape index (κ2) is 4.74. The van der Waals surface area contributed by atoms with Gasteiger partial charge >= 0.3 is 5.97 Å². The van der Waals surface area contributed by atoms with Crippen LogP contribution < -0.4 is 0 Å². The molecule has 0 radical (unpaired) electrons. The summed E-state index contributed by atoms with van der Waals surface area (Å²) in [6, 6.07) is 0.0684. The number of hydrogen-bond acceptors (Lipinski definition) is 3. The van der Waals surface area contributed by atoms with Gasteiger partial charge in [-0.15, -0.1) is 0 Å². The first-order valence-electron chi connectivity index (χ1n) is 7.61. The summed E-state index contributed by atoms with van der Waals surface area (Å²) in [6.07, 6.45) is 8.13. The summed E-state index contributed by atoms with van der Waals surface area (Å²) in [7, 11) is 0. The van der Waals surface area contributed by atoms with Gasteiger partial charge in [-0.25, -0.2) is 0 Å². The molecule has 2 aliphatic heterocycles. The maximum atomic E-state index is 11.5. The normalized spacial score (nSPS) is 38.9. The third-order valence-electron chi connectivity index (χ3n) is 5.58. The van der Waals surface area contributed by atoms with Gasteiger partial charge in [0.1, 0.15) is 5.41 Å². The van der Waals surface area contributed by atoms with E-state index in [0.717, 1.165) is 13.1 Å². The topological polar surface area (TPSA) is 49.8 Å². The fraction of sp³-hybridized carbons (Fsp3) is 0.933. The number of hydrogen-bond donors (Lipinski definition) is 1. The first-order chi connectivity index (χ1) is 9.06. The van der Waals surface area contributed by atoms with Crippen LogP contribution in [-0.4, -0.2) is 48.3 Å². The second-order valence-corrected chi connectivity index (χ2v) is 7.07. The van der Waals surface area contributed by atoms with Gasteiger partial charge in [-0.1, -0.05) is 25.7 Å². The van der Waals surface area contributed by atoms with Crippen LogP contribution in [-0.2, 0) is 9.53 Å². The Morgan fingerprint density at radius 1 is 1.21 bits per heavy atom. The van der Waals surface area contributed by atoms with Crippen molar-refractivity contribution in [2.45, 2.75) is 51.5 Å². The molecule has 2 saturated heterocycles. The van der Waals surface area contributed by atoms with Crippen LogP contribution >= 0.6 is 0 Å². The summed E-state index contributed by atoms with van der Waals surface area (Å²) < 4.78 is 5.47. The lowest BCUT2D eigenvalue weighted by molar-refractivity contribution is -0.154. The van der Waals surface area contributed by atoms with E-state index in [2.05, 4.69) is 4.90 Å². The highest BCUT2D eigenvalue weighted by molar-refractivity contribution is 5.75. The monoisotopic (exact) mass is 267 g/mol. The van der Waals surface area contributed by atoms with Crippen LogP contribution in [0.15, 0.2) is 0 Å². The molecule has 108 valence electrons. The molecular weight excluding hydrogens is 242 g/mol. The zero-order valence-corrected chi connectivity index (χ0v) is 11.9. The summed E-state index contributed by atoms with van der Waals surface area (Å²) in [5, 5.41) is 9.45. The van der Waals surface area contributed by atoms with Gasteiger partial charge in [0.25, 0.3) is 0 Å². The predicted molar refractivity (Wildman–Crippen MR) is 72.1 cm³/mol. The Labute approximate surface area is 115 Å². The fourth-order valence-corrected chi connectivity index (χ4v) is 4.21. The quantitative estimate of drug-likeness (QED) is 0.832. The van der Waals surface area contributed by atoms with Crippen LogP contribution in [0.2, 0.25) is 0 Å². The molecule has 4 nitrogen and oxygen atoms in total. The molecule has 0 amide bonds. The molecule has 1 spiro atoms. The van der Waals surface area contributed by atoms with Crippen molar-refractivity contribution in [3.05, 3.63) is 0 Å². The van der Waals surface area contributed by atoms with E-state index < -0.39 is 11.4 Å². The second-order valence-electron chi connectivity index (χ2n) is 7.07. The van der Waals surface area contributed by atoms with E-state index in [9.17, 15) is 9.90 Å². The average Bonchev–Trinajstić information content (AvgIpc) is 2.59. The van der Waals surface area contributed by atoms with Crippen LogP contribution in [0.4, 0.5) is 0 Å². The Bertz CT molecular complexity index is 354. The van der Waals surface area contributed by atoms with E-state index in [1.165, 1.54) is 38.5 Å². The van der Waals surface area contributed by atoms with Crippen LogP contribution in [0, 0.1) is 10.8 Å². The van der Waals surface area contributed by atoms with E-state index in [1.807, 2.05) is 6.92 Å². The summed E-state index contributed by atoms with van der Waals surface area (Å²) in [4.78, 5) is 13.9. The molecule has 0 aromatic carbocycles. The molecule has 0 aromatic heterocycles. The van der Waals surface area contributed by atoms with Crippen molar-refractivity contribution in [1.82, 2.24) is 4.90 Å². The number of carboxylic acids is 1. The van der Waals surface area contributed by atoms with Gasteiger partial charge in [-0.05, 0) is 25.2 Å². The number of carboxylic acid groups (broad SMARTS) is 1. The minimum Gasteiger partial charge on any atom is -0.481 e. The Morgan fingerprint density at radius 3 is 2.42 bits per heavy atom. The van der Waals surface area contributed by atoms with E-state index >= 15 is 0 Å². The molecule has 4 heteroatoms. The SMILES string of the molecule is CC1(C(=O)O)COCC1N1CC2(CCCCCC2)C1. The third kappa shape index (κ3) is 2.19. The van der Waals surface area contributed by atoms with Crippen LogP contribution in [0.25, 0.3) is 0 Å². The highest BCUT2D eigenvalue weighted by atomic mass is 16.5. The Kier molecular flexibility index (Phi) is 3.34. The summed E-state index contributed by atoms with van der Waals surface area (Å²) >= 11 is 0. The largest absolute Gasteiger partial charge is 0.481 e. The van der Waals surface area contributed by atoms with Gasteiger partial charge in [-0.3, -0.25) is 9.69 Å². The van der Waals surface area contributed by atoms with Gasteiger partial charge in [0.2, 0.25) is 0 Å². The molecule has 2 atom stereocenters. The molecular formula is C15H25NO3. The van der Waals surface area contributed by atoms with Crippen molar-refractivity contribution < 1.29 is 14.6 Å². The molecule has 0 aromatic rings. The lowest BCUT2D eigenvalue weighted by atomic mass is 9.70. The first-order valence-corrected chi connectivity index (χ1v) is 7.61. The molecule has 1 aliphatic carbocycles. The lowest BCUT2D eigenvalue weighted by Crippen LogP contribution is -2.64. The molecule has 3 fully saturated rings. The molecule has 2 heterocycles. The molecule has 1 N–H and O–H groups in total. The van der Waals surface area contributed by atoms with Crippen molar-refractivity contribution in [3.63, 3.8) is 0 Å². The summed E-state index contributed by atoms with van der Waals surface area (Å²) in [6.45, 7) is 4.95. The van der Waals surface area contributed by atoms with Gasteiger partial charge in [-0.2, -0.15) is 0 Å². The van der Waals surface area contributed by atoms with Crippen LogP contribution in [0.5, 0.6) is 0 Å². The molecule has 1 saturated carbocycles. The molecule has 0 bridgehead atoms. The highest BCUT2D eigenvalue weighted by Crippen LogP contribution is 2.46. The third-order valence-corrected chi connectivity index (χ3v) is 5.58. The van der Waals surface area contributed by atoms with Crippen molar-refractivity contribution in [2.75, 3.05) is 26.3 Å². The van der Waals surface area contributed by atoms with Gasteiger partial charge in [0.15, 0.2) is 0 Å². The van der Waals surface area contributed by atoms with E-state index in [0.29, 0.717) is 18.6 Å². The number of likely N-dealkylation sites (tertiary alicyclic amines) is 1. The standard InChI is InChI=1S/C15H25NO3/c1-14(13(17)18)11-19-8-12(14)16-9-15(10-16)6-4-2-3-5-7-15/h12H,2-11H2,1H3,(H,17,18). The maximum Gasteiger partial charge on any atom is 0.313 e.